The van der Waals surface area contributed by atoms with Crippen molar-refractivity contribution < 1.29 is 9.59 Å². The fourth-order valence-electron chi connectivity index (χ4n) is 2.64. The Morgan fingerprint density at radius 1 is 1.52 bits per heavy atom. The molecule has 1 aromatic heterocycles. The summed E-state index contributed by atoms with van der Waals surface area (Å²) in [7, 11) is 0. The Morgan fingerprint density at radius 2 is 2.30 bits per heavy atom. The van der Waals surface area contributed by atoms with Crippen molar-refractivity contribution in [2.45, 2.75) is 25.9 Å². The standard InChI is InChI=1S/C15H23N5O2.ClH/c1-3-18-15(22)19-14(21)11(2)20-8-7-17-10-13(20)12-5-4-6-16-9-12;/h4-6,9,11,13,17H,3,7-8,10H2,1-2H3,(H2,18,19,21,22);1H. The summed E-state index contributed by atoms with van der Waals surface area (Å²) in [5.74, 6) is -0.290. The van der Waals surface area contributed by atoms with Gasteiger partial charge >= 0.3 is 6.03 Å². The van der Waals surface area contributed by atoms with E-state index in [4.69, 9.17) is 0 Å². The van der Waals surface area contributed by atoms with Crippen molar-refractivity contribution in [2.75, 3.05) is 26.2 Å². The Morgan fingerprint density at radius 3 is 2.96 bits per heavy atom. The molecule has 3 amide bonds. The predicted molar refractivity (Wildman–Crippen MR) is 90.5 cm³/mol. The summed E-state index contributed by atoms with van der Waals surface area (Å²) in [6, 6.07) is 3.12. The zero-order valence-electron chi connectivity index (χ0n) is 13.4. The number of carbonyl (C=O) groups is 2. The molecule has 2 rings (SSSR count). The number of nitrogens with one attached hydrogen (secondary N) is 3. The fourth-order valence-corrected chi connectivity index (χ4v) is 2.64. The highest BCUT2D eigenvalue weighted by atomic mass is 35.5. The van der Waals surface area contributed by atoms with Crippen molar-refractivity contribution in [1.82, 2.24) is 25.8 Å². The Kier molecular flexibility index (Phi) is 7.94. The molecule has 1 saturated heterocycles. The molecule has 0 bridgehead atoms. The van der Waals surface area contributed by atoms with Gasteiger partial charge in [-0.05, 0) is 25.5 Å². The monoisotopic (exact) mass is 341 g/mol. The summed E-state index contributed by atoms with van der Waals surface area (Å²) in [5.41, 5.74) is 1.06. The summed E-state index contributed by atoms with van der Waals surface area (Å²) in [5, 5.41) is 8.29. The van der Waals surface area contributed by atoms with Crippen LogP contribution in [0.2, 0.25) is 0 Å². The van der Waals surface area contributed by atoms with Gasteiger partial charge in [0.2, 0.25) is 5.91 Å². The highest BCUT2D eigenvalue weighted by molar-refractivity contribution is 5.96. The molecule has 23 heavy (non-hydrogen) atoms. The molecule has 0 aromatic carbocycles. The fraction of sp³-hybridized carbons (Fsp3) is 0.533. The minimum absolute atomic E-state index is 0. The van der Waals surface area contributed by atoms with Crippen LogP contribution in [0.5, 0.6) is 0 Å². The van der Waals surface area contributed by atoms with Crippen LogP contribution >= 0.6 is 12.4 Å². The van der Waals surface area contributed by atoms with Crippen LogP contribution in [0.1, 0.15) is 25.5 Å². The lowest BCUT2D eigenvalue weighted by Gasteiger charge is -2.39. The van der Waals surface area contributed by atoms with E-state index in [1.54, 1.807) is 6.20 Å². The Labute approximate surface area is 142 Å². The maximum atomic E-state index is 12.3. The minimum Gasteiger partial charge on any atom is -0.338 e. The average Bonchev–Trinajstić information content (AvgIpc) is 2.55. The average molecular weight is 342 g/mol. The predicted octanol–water partition coefficient (Wildman–Crippen LogP) is 0.684. The number of aromatic nitrogens is 1. The van der Waals surface area contributed by atoms with Gasteiger partial charge in [0.1, 0.15) is 0 Å². The second-order valence-corrected chi connectivity index (χ2v) is 5.27. The third kappa shape index (κ3) is 5.16. The zero-order valence-corrected chi connectivity index (χ0v) is 14.2. The van der Waals surface area contributed by atoms with Gasteiger partial charge in [-0.25, -0.2) is 4.79 Å². The van der Waals surface area contributed by atoms with Crippen molar-refractivity contribution in [1.29, 1.82) is 0 Å². The van der Waals surface area contributed by atoms with Gasteiger partial charge in [0.15, 0.2) is 0 Å². The minimum atomic E-state index is -0.451. The van der Waals surface area contributed by atoms with Gasteiger partial charge in [0.25, 0.3) is 0 Å². The lowest BCUT2D eigenvalue weighted by molar-refractivity contribution is -0.126. The summed E-state index contributed by atoms with van der Waals surface area (Å²) >= 11 is 0. The Balaban J connectivity index is 0.00000264. The Hall–Kier alpha value is -1.70. The lowest BCUT2D eigenvalue weighted by atomic mass is 10.0. The smallest absolute Gasteiger partial charge is 0.321 e. The first-order chi connectivity index (χ1) is 10.6. The highest BCUT2D eigenvalue weighted by Crippen LogP contribution is 2.23. The molecular formula is C15H24ClN5O2. The first-order valence-electron chi connectivity index (χ1n) is 7.58. The van der Waals surface area contributed by atoms with Crippen molar-refractivity contribution in [3.63, 3.8) is 0 Å². The second kappa shape index (κ2) is 9.44. The third-order valence-corrected chi connectivity index (χ3v) is 3.80. The summed E-state index contributed by atoms with van der Waals surface area (Å²) in [6.45, 7) is 6.43. The number of piperazine rings is 1. The number of amides is 3. The molecule has 0 radical (unpaired) electrons. The van der Waals surface area contributed by atoms with Crippen molar-refractivity contribution in [3.8, 4) is 0 Å². The van der Waals surface area contributed by atoms with Crippen molar-refractivity contribution in [3.05, 3.63) is 30.1 Å². The molecule has 2 heterocycles. The number of imide groups is 1. The van der Waals surface area contributed by atoms with E-state index < -0.39 is 12.1 Å². The second-order valence-electron chi connectivity index (χ2n) is 5.27. The Bertz CT molecular complexity index is 514. The highest BCUT2D eigenvalue weighted by Gasteiger charge is 2.31. The van der Waals surface area contributed by atoms with Crippen LogP contribution in [0, 0.1) is 0 Å². The molecule has 0 aliphatic carbocycles. The lowest BCUT2D eigenvalue weighted by Crippen LogP contribution is -2.55. The number of nitrogens with zero attached hydrogens (tertiary/aromatic N) is 2. The van der Waals surface area contributed by atoms with Crippen LogP contribution in [-0.2, 0) is 4.79 Å². The van der Waals surface area contributed by atoms with Crippen LogP contribution < -0.4 is 16.0 Å². The summed E-state index contributed by atoms with van der Waals surface area (Å²) in [4.78, 5) is 30.0. The van der Waals surface area contributed by atoms with Gasteiger partial charge in [0.05, 0.1) is 6.04 Å². The van der Waals surface area contributed by atoms with E-state index >= 15 is 0 Å². The molecule has 128 valence electrons. The largest absolute Gasteiger partial charge is 0.338 e. The summed E-state index contributed by atoms with van der Waals surface area (Å²) < 4.78 is 0. The van der Waals surface area contributed by atoms with E-state index in [1.807, 2.05) is 32.2 Å². The molecule has 1 aliphatic heterocycles. The van der Waals surface area contributed by atoms with E-state index in [0.717, 1.165) is 25.2 Å². The van der Waals surface area contributed by atoms with E-state index in [1.165, 1.54) is 0 Å². The van der Waals surface area contributed by atoms with Crippen LogP contribution in [-0.4, -0.2) is 54.0 Å². The first-order valence-corrected chi connectivity index (χ1v) is 7.58. The number of halogens is 1. The molecule has 8 heteroatoms. The van der Waals surface area contributed by atoms with Crippen LogP contribution in [0.15, 0.2) is 24.5 Å². The van der Waals surface area contributed by atoms with Crippen LogP contribution in [0.3, 0.4) is 0 Å². The van der Waals surface area contributed by atoms with Gasteiger partial charge in [-0.3, -0.25) is 20.0 Å². The van der Waals surface area contributed by atoms with Crippen LogP contribution in [0.25, 0.3) is 0 Å². The van der Waals surface area contributed by atoms with Gasteiger partial charge in [-0.2, -0.15) is 0 Å². The maximum Gasteiger partial charge on any atom is 0.321 e. The van der Waals surface area contributed by atoms with Crippen LogP contribution in [0.4, 0.5) is 4.79 Å². The third-order valence-electron chi connectivity index (χ3n) is 3.80. The first kappa shape index (κ1) is 19.3. The van der Waals surface area contributed by atoms with Gasteiger partial charge < -0.3 is 10.6 Å². The number of carbonyl (C=O) groups excluding carboxylic acids is 2. The quantitative estimate of drug-likeness (QED) is 0.750. The number of rotatable bonds is 4. The molecule has 0 saturated carbocycles. The molecule has 0 spiro atoms. The van der Waals surface area contributed by atoms with Crippen molar-refractivity contribution >= 4 is 24.3 Å². The summed E-state index contributed by atoms with van der Waals surface area (Å²) in [6.07, 6.45) is 3.55. The van der Waals surface area contributed by atoms with E-state index in [2.05, 4.69) is 25.8 Å². The van der Waals surface area contributed by atoms with Gasteiger partial charge in [-0.15, -0.1) is 12.4 Å². The topological polar surface area (TPSA) is 86.4 Å². The molecule has 2 unspecified atom stereocenters. The SMILES string of the molecule is CCNC(=O)NC(=O)C(C)N1CCNCC1c1cccnc1.Cl. The molecule has 7 nitrogen and oxygen atoms in total. The molecule has 1 aliphatic rings. The number of urea groups is 1. The zero-order chi connectivity index (χ0) is 15.9. The maximum absolute atomic E-state index is 12.3. The van der Waals surface area contributed by atoms with E-state index in [9.17, 15) is 9.59 Å². The molecule has 1 fully saturated rings. The normalized spacial score (nSPS) is 19.3. The molecular weight excluding hydrogens is 318 g/mol. The van der Waals surface area contributed by atoms with Crippen molar-refractivity contribution in [2.24, 2.45) is 0 Å². The molecule has 3 N–H and O–H groups in total. The van der Waals surface area contributed by atoms with E-state index in [-0.39, 0.29) is 24.4 Å². The van der Waals surface area contributed by atoms with E-state index in [0.29, 0.717) is 6.54 Å². The molecule has 2 atom stereocenters. The number of hydrogen-bond donors (Lipinski definition) is 3. The van der Waals surface area contributed by atoms with Gasteiger partial charge in [-0.1, -0.05) is 6.07 Å². The van der Waals surface area contributed by atoms with Gasteiger partial charge in [0, 0.05) is 44.6 Å². The molecule has 1 aromatic rings. The number of pyridine rings is 1. The number of hydrogen-bond acceptors (Lipinski definition) is 5.